The topological polar surface area (TPSA) is 158 Å². The number of unbranched alkanes of at least 4 members (excludes halogenated alkanes) is 2. The van der Waals surface area contributed by atoms with Gasteiger partial charge in [-0.3, -0.25) is 4.99 Å². The Morgan fingerprint density at radius 3 is 1.42 bits per heavy atom. The maximum Gasteiger partial charge on any atom is 0.335 e. The van der Waals surface area contributed by atoms with E-state index >= 15 is 0 Å². The minimum atomic E-state index is -0.496. The number of ether oxygens (including phenoxy) is 5. The molecule has 12 heteroatoms. The van der Waals surface area contributed by atoms with Crippen LogP contribution in [0.5, 0.6) is 17.2 Å². The smallest absolute Gasteiger partial charge is 0.335 e. The molecule has 0 aliphatic rings. The van der Waals surface area contributed by atoms with Crippen LogP contribution in [0.1, 0.15) is 36.8 Å². The number of esters is 3. The van der Waals surface area contributed by atoms with E-state index in [0.717, 1.165) is 66.7 Å². The maximum absolute atomic E-state index is 11.2. The summed E-state index contributed by atoms with van der Waals surface area (Å²) in [5.41, 5.74) is 3.64. The van der Waals surface area contributed by atoms with Crippen LogP contribution in [0.2, 0.25) is 0 Å². The molecule has 4 rings (SSSR count). The molecule has 0 aromatic heterocycles. The van der Waals surface area contributed by atoms with Gasteiger partial charge in [0, 0.05) is 24.4 Å². The van der Waals surface area contributed by atoms with Crippen LogP contribution >= 0.6 is 0 Å². The Morgan fingerprint density at radius 2 is 0.964 bits per heavy atom. The number of carbonyl (C=O) groups excluding carboxylic acids is 3. The average Bonchev–Trinajstić information content (AvgIpc) is 3.23. The molecule has 0 saturated carbocycles. The van der Waals surface area contributed by atoms with E-state index in [-0.39, 0.29) is 0 Å². The Balaban J connectivity index is 0.000000297. The van der Waals surface area contributed by atoms with Crippen molar-refractivity contribution >= 4 is 41.2 Å². The fraction of sp³-hybridized carbons (Fsp3) is 0.186. The van der Waals surface area contributed by atoms with Gasteiger partial charge in [-0.05, 0) is 128 Å². The van der Waals surface area contributed by atoms with Crippen molar-refractivity contribution in [1.82, 2.24) is 0 Å². The molecule has 0 radical (unpaired) electrons. The number of hydrogen-bond acceptors (Lipinski definition) is 12. The van der Waals surface area contributed by atoms with Crippen molar-refractivity contribution in [2.45, 2.75) is 25.7 Å². The van der Waals surface area contributed by atoms with Crippen LogP contribution in [0.15, 0.2) is 150 Å². The Hall–Kier alpha value is -7.13. The van der Waals surface area contributed by atoms with Crippen molar-refractivity contribution in [2.24, 2.45) is 15.2 Å². The number of rotatable bonds is 20. The second kappa shape index (κ2) is 24.9. The van der Waals surface area contributed by atoms with Crippen LogP contribution in [0.4, 0.5) is 17.1 Å². The monoisotopic (exact) mass is 742 g/mol. The van der Waals surface area contributed by atoms with Gasteiger partial charge < -0.3 is 23.7 Å². The summed E-state index contributed by atoms with van der Waals surface area (Å²) in [5, 5.41) is 17.0. The first-order valence-corrected chi connectivity index (χ1v) is 17.3. The molecule has 0 aliphatic carbocycles. The number of benzene rings is 4. The van der Waals surface area contributed by atoms with E-state index in [4.69, 9.17) is 28.9 Å². The van der Waals surface area contributed by atoms with Crippen molar-refractivity contribution in [3.8, 4) is 23.3 Å². The minimum absolute atomic E-state index is 0.361. The van der Waals surface area contributed by atoms with E-state index < -0.39 is 17.9 Å². The number of nitrogens with zero attached hydrogens (tertiary/aromatic N) is 4. The number of carbonyl (C=O) groups is 3. The SMILES string of the molecule is C=CC(=O)OCCCCOc1ccc(N=Cc2ccc(OC(=O)C=C)cc2)cc1.C=CC(=O)OCCCCOc1ccc(N=Nc2ccc(C#N)cc2)cc1. The molecule has 0 saturated heterocycles. The molecule has 12 nitrogen and oxygen atoms in total. The molecule has 0 spiro atoms. The normalized spacial score (nSPS) is 10.3. The van der Waals surface area contributed by atoms with Gasteiger partial charge in [-0.2, -0.15) is 15.5 Å². The first-order chi connectivity index (χ1) is 26.8. The molecule has 0 N–H and O–H groups in total. The highest BCUT2D eigenvalue weighted by Gasteiger charge is 2.01. The van der Waals surface area contributed by atoms with E-state index in [1.165, 1.54) is 0 Å². The molecular formula is C43H42N4O8. The fourth-order valence-corrected chi connectivity index (χ4v) is 4.14. The Labute approximate surface area is 320 Å². The van der Waals surface area contributed by atoms with Gasteiger partial charge in [-0.1, -0.05) is 19.7 Å². The van der Waals surface area contributed by atoms with Gasteiger partial charge in [-0.15, -0.1) is 0 Å². The number of azo groups is 1. The summed E-state index contributed by atoms with van der Waals surface area (Å²) in [6.45, 7) is 11.8. The second-order valence-corrected chi connectivity index (χ2v) is 11.2. The van der Waals surface area contributed by atoms with Gasteiger partial charge in [0.1, 0.15) is 17.2 Å². The molecule has 4 aromatic rings. The quantitative estimate of drug-likeness (QED) is 0.0215. The Morgan fingerprint density at radius 1 is 0.545 bits per heavy atom. The van der Waals surface area contributed by atoms with Gasteiger partial charge in [0.2, 0.25) is 0 Å². The van der Waals surface area contributed by atoms with Crippen molar-refractivity contribution < 1.29 is 38.1 Å². The van der Waals surface area contributed by atoms with Crippen LogP contribution < -0.4 is 14.2 Å². The summed E-state index contributed by atoms with van der Waals surface area (Å²) < 4.78 is 26.1. The van der Waals surface area contributed by atoms with Crippen molar-refractivity contribution in [3.05, 3.63) is 146 Å². The highest BCUT2D eigenvalue weighted by atomic mass is 16.5. The van der Waals surface area contributed by atoms with E-state index in [2.05, 4.69) is 41.0 Å². The highest BCUT2D eigenvalue weighted by molar-refractivity contribution is 5.84. The predicted octanol–water partition coefficient (Wildman–Crippen LogP) is 9.28. The lowest BCUT2D eigenvalue weighted by Gasteiger charge is -2.06. The van der Waals surface area contributed by atoms with Gasteiger partial charge in [-0.25, -0.2) is 14.4 Å². The van der Waals surface area contributed by atoms with Crippen LogP contribution in [0.25, 0.3) is 0 Å². The summed E-state index contributed by atoms with van der Waals surface area (Å²) >= 11 is 0. The third-order valence-electron chi connectivity index (χ3n) is 7.02. The molecule has 0 bridgehead atoms. The average molecular weight is 743 g/mol. The first-order valence-electron chi connectivity index (χ1n) is 17.3. The standard InChI is InChI=1S/C23H23NO5.C20H19N3O3/c1-3-22(25)28-16-6-5-15-27-20-13-9-19(10-14-20)24-17-18-7-11-21(12-8-18)29-23(26)4-2;1-2-20(24)26-14-4-3-13-25-19-11-9-18(10-12-19)23-22-17-7-5-16(15-21)6-8-17/h3-4,7-14,17H,1-2,5-6,15-16H2;2,5-12H,1,3-4,13-14H2. The lowest BCUT2D eigenvalue weighted by atomic mass is 10.2. The molecule has 0 amide bonds. The van der Waals surface area contributed by atoms with Crippen molar-refractivity contribution in [1.29, 1.82) is 5.26 Å². The summed E-state index contributed by atoms with van der Waals surface area (Å²) in [5.74, 6) is 0.633. The summed E-state index contributed by atoms with van der Waals surface area (Å²) in [4.78, 5) is 37.3. The third-order valence-corrected chi connectivity index (χ3v) is 7.02. The zero-order chi connectivity index (χ0) is 39.5. The molecule has 0 aliphatic heterocycles. The van der Waals surface area contributed by atoms with E-state index in [0.29, 0.717) is 49.1 Å². The molecule has 55 heavy (non-hydrogen) atoms. The van der Waals surface area contributed by atoms with Gasteiger partial charge in [0.25, 0.3) is 0 Å². The largest absolute Gasteiger partial charge is 0.494 e. The van der Waals surface area contributed by atoms with Gasteiger partial charge >= 0.3 is 17.9 Å². The zero-order valence-electron chi connectivity index (χ0n) is 30.4. The van der Waals surface area contributed by atoms with Gasteiger partial charge in [0.15, 0.2) is 0 Å². The second-order valence-electron chi connectivity index (χ2n) is 11.2. The maximum atomic E-state index is 11.2. The molecule has 282 valence electrons. The molecule has 0 fully saturated rings. The van der Waals surface area contributed by atoms with Crippen molar-refractivity contribution in [2.75, 3.05) is 26.4 Å². The lowest BCUT2D eigenvalue weighted by Crippen LogP contribution is -2.04. The van der Waals surface area contributed by atoms with Crippen LogP contribution in [-0.4, -0.2) is 50.6 Å². The summed E-state index contributed by atoms with van der Waals surface area (Å²) in [7, 11) is 0. The molecule has 4 aromatic carbocycles. The molecular weight excluding hydrogens is 700 g/mol. The van der Waals surface area contributed by atoms with E-state index in [1.54, 1.807) is 54.7 Å². The number of hydrogen-bond donors (Lipinski definition) is 0. The van der Waals surface area contributed by atoms with Crippen LogP contribution in [0, 0.1) is 11.3 Å². The van der Waals surface area contributed by atoms with Crippen LogP contribution in [0.3, 0.4) is 0 Å². The highest BCUT2D eigenvalue weighted by Crippen LogP contribution is 2.22. The summed E-state index contributed by atoms with van der Waals surface area (Å²) in [6, 6.07) is 30.6. The first kappa shape index (κ1) is 42.3. The predicted molar refractivity (Wildman–Crippen MR) is 210 cm³/mol. The Kier molecular flexibility index (Phi) is 19.2. The molecule has 0 heterocycles. The zero-order valence-corrected chi connectivity index (χ0v) is 30.4. The van der Waals surface area contributed by atoms with Crippen molar-refractivity contribution in [3.63, 3.8) is 0 Å². The lowest BCUT2D eigenvalue weighted by molar-refractivity contribution is -0.138. The number of aliphatic imine (C=N–C) groups is 1. The minimum Gasteiger partial charge on any atom is -0.494 e. The van der Waals surface area contributed by atoms with Crippen LogP contribution in [-0.2, 0) is 23.9 Å². The van der Waals surface area contributed by atoms with E-state index in [1.807, 2.05) is 48.5 Å². The third kappa shape index (κ3) is 17.8. The summed E-state index contributed by atoms with van der Waals surface area (Å²) in [6.07, 6.45) is 8.16. The number of nitriles is 1. The molecule has 0 atom stereocenters. The molecule has 0 unspecified atom stereocenters. The Bertz CT molecular complexity index is 1930. The van der Waals surface area contributed by atoms with Gasteiger partial charge in [0.05, 0.1) is 55.1 Å². The van der Waals surface area contributed by atoms with E-state index in [9.17, 15) is 14.4 Å². The fourth-order valence-electron chi connectivity index (χ4n) is 4.14.